The minimum absolute atomic E-state index is 0.0660. The lowest BCUT2D eigenvalue weighted by Crippen LogP contribution is -2.28. The molecule has 6 heteroatoms. The van der Waals surface area contributed by atoms with Crippen molar-refractivity contribution >= 4 is 17.2 Å². The number of fused-ring (bicyclic) bond motifs is 1. The second-order valence-corrected chi connectivity index (χ2v) is 6.35. The summed E-state index contributed by atoms with van der Waals surface area (Å²) in [6, 6.07) is 11.1. The fourth-order valence-electron chi connectivity index (χ4n) is 3.11. The molecule has 0 amide bonds. The summed E-state index contributed by atoms with van der Waals surface area (Å²) in [5.74, 6) is 0.364. The molecule has 0 unspecified atom stereocenters. The Hall–Kier alpha value is -2.11. The van der Waals surface area contributed by atoms with Crippen molar-refractivity contribution in [3.63, 3.8) is 0 Å². The van der Waals surface area contributed by atoms with Gasteiger partial charge < -0.3 is 5.32 Å². The van der Waals surface area contributed by atoms with Crippen LogP contribution in [0.4, 0.5) is 0 Å². The standard InChI is InChI=1S/C17H17ClN4O/c18-13-3-1-11(2-4-13)15-9-16-20-14(10-17(23)22(16)21-15)12-5-7-19-8-6-12/h1-4,9-10,12,19,21H,5-8H2. The van der Waals surface area contributed by atoms with Crippen LogP contribution < -0.4 is 10.9 Å². The van der Waals surface area contributed by atoms with Gasteiger partial charge >= 0.3 is 0 Å². The molecule has 0 radical (unpaired) electrons. The Morgan fingerprint density at radius 2 is 1.87 bits per heavy atom. The molecule has 1 saturated heterocycles. The van der Waals surface area contributed by atoms with Crippen molar-refractivity contribution < 1.29 is 0 Å². The Labute approximate surface area is 138 Å². The van der Waals surface area contributed by atoms with Crippen molar-refractivity contribution in [2.75, 3.05) is 13.1 Å². The van der Waals surface area contributed by atoms with Gasteiger partial charge in [0.15, 0.2) is 5.65 Å². The van der Waals surface area contributed by atoms with Crippen LogP contribution >= 0.6 is 11.6 Å². The maximum atomic E-state index is 12.4. The molecule has 1 aromatic carbocycles. The van der Waals surface area contributed by atoms with Crippen LogP contribution in [0.1, 0.15) is 24.5 Å². The summed E-state index contributed by atoms with van der Waals surface area (Å²) in [5.41, 5.74) is 3.33. The second-order valence-electron chi connectivity index (χ2n) is 5.91. The van der Waals surface area contributed by atoms with Crippen molar-refractivity contribution in [2.24, 2.45) is 0 Å². The SMILES string of the molecule is O=c1cc(C2CCNCC2)nc2cc(-c3ccc(Cl)cc3)[nH]n12. The van der Waals surface area contributed by atoms with Gasteiger partial charge in [0.25, 0.3) is 5.56 Å². The Morgan fingerprint density at radius 3 is 2.61 bits per heavy atom. The fourth-order valence-corrected chi connectivity index (χ4v) is 3.24. The highest BCUT2D eigenvalue weighted by molar-refractivity contribution is 6.30. The van der Waals surface area contributed by atoms with Crippen molar-refractivity contribution in [3.05, 3.63) is 57.5 Å². The van der Waals surface area contributed by atoms with E-state index >= 15 is 0 Å². The van der Waals surface area contributed by atoms with Gasteiger partial charge in [-0.25, -0.2) is 9.50 Å². The lowest BCUT2D eigenvalue weighted by Gasteiger charge is -2.21. The van der Waals surface area contributed by atoms with Crippen LogP contribution in [0.2, 0.25) is 5.02 Å². The zero-order valence-electron chi connectivity index (χ0n) is 12.6. The molecule has 0 spiro atoms. The third-order valence-corrected chi connectivity index (χ3v) is 4.63. The maximum Gasteiger partial charge on any atom is 0.272 e. The van der Waals surface area contributed by atoms with Crippen molar-refractivity contribution in [2.45, 2.75) is 18.8 Å². The van der Waals surface area contributed by atoms with E-state index in [2.05, 4.69) is 10.4 Å². The molecule has 1 aliphatic heterocycles. The number of nitrogens with one attached hydrogen (secondary N) is 2. The van der Waals surface area contributed by atoms with Crippen molar-refractivity contribution in [3.8, 4) is 11.3 Å². The number of rotatable bonds is 2. The van der Waals surface area contributed by atoms with Crippen LogP contribution in [-0.2, 0) is 0 Å². The highest BCUT2D eigenvalue weighted by Gasteiger charge is 2.18. The fraction of sp³-hybridized carbons (Fsp3) is 0.294. The van der Waals surface area contributed by atoms with Gasteiger partial charge in [0.2, 0.25) is 0 Å². The summed E-state index contributed by atoms with van der Waals surface area (Å²) >= 11 is 5.93. The first kappa shape index (κ1) is 14.5. The van der Waals surface area contributed by atoms with E-state index < -0.39 is 0 Å². The van der Waals surface area contributed by atoms with E-state index in [9.17, 15) is 4.79 Å². The van der Waals surface area contributed by atoms with Crippen LogP contribution in [0, 0.1) is 0 Å². The molecule has 23 heavy (non-hydrogen) atoms. The van der Waals surface area contributed by atoms with Gasteiger partial charge in [-0.1, -0.05) is 23.7 Å². The summed E-state index contributed by atoms with van der Waals surface area (Å²) in [4.78, 5) is 17.1. The second kappa shape index (κ2) is 5.83. The summed E-state index contributed by atoms with van der Waals surface area (Å²) in [6.07, 6.45) is 2.05. The Kier molecular flexibility index (Phi) is 3.67. The van der Waals surface area contributed by atoms with Crippen LogP contribution in [-0.4, -0.2) is 27.7 Å². The molecular formula is C17H17ClN4O. The largest absolute Gasteiger partial charge is 0.317 e. The normalized spacial score (nSPS) is 16.0. The summed E-state index contributed by atoms with van der Waals surface area (Å²) in [5, 5.41) is 7.14. The first-order valence-corrected chi connectivity index (χ1v) is 8.18. The molecule has 0 bridgehead atoms. The molecule has 3 aromatic rings. The molecular weight excluding hydrogens is 312 g/mol. The smallest absolute Gasteiger partial charge is 0.272 e. The molecule has 0 saturated carbocycles. The molecule has 0 aliphatic carbocycles. The number of halogens is 1. The van der Waals surface area contributed by atoms with Gasteiger partial charge in [0.1, 0.15) is 0 Å². The Bertz CT molecular complexity index is 891. The van der Waals surface area contributed by atoms with Gasteiger partial charge in [-0.2, -0.15) is 0 Å². The molecule has 4 rings (SSSR count). The molecule has 0 atom stereocenters. The lowest BCUT2D eigenvalue weighted by molar-refractivity contribution is 0.453. The highest BCUT2D eigenvalue weighted by atomic mass is 35.5. The van der Waals surface area contributed by atoms with Crippen molar-refractivity contribution in [1.29, 1.82) is 0 Å². The monoisotopic (exact) mass is 328 g/mol. The third-order valence-electron chi connectivity index (χ3n) is 4.38. The third kappa shape index (κ3) is 2.78. The topological polar surface area (TPSA) is 62.2 Å². The van der Waals surface area contributed by atoms with Gasteiger partial charge in [-0.15, -0.1) is 0 Å². The van der Waals surface area contributed by atoms with E-state index in [0.29, 0.717) is 16.6 Å². The van der Waals surface area contributed by atoms with Crippen LogP contribution in [0.25, 0.3) is 16.9 Å². The minimum Gasteiger partial charge on any atom is -0.317 e. The lowest BCUT2D eigenvalue weighted by atomic mass is 9.94. The van der Waals surface area contributed by atoms with Crippen LogP contribution in [0.15, 0.2) is 41.2 Å². The van der Waals surface area contributed by atoms with E-state index in [4.69, 9.17) is 16.6 Å². The average Bonchev–Trinajstić information content (AvgIpc) is 3.01. The average molecular weight is 329 g/mol. The molecule has 2 N–H and O–H groups in total. The number of aromatic nitrogens is 3. The molecule has 118 valence electrons. The van der Waals surface area contributed by atoms with Crippen LogP contribution in [0.5, 0.6) is 0 Å². The number of H-pyrrole nitrogens is 1. The van der Waals surface area contributed by atoms with E-state index in [0.717, 1.165) is 42.9 Å². The highest BCUT2D eigenvalue weighted by Crippen LogP contribution is 2.24. The number of hydrogen-bond donors (Lipinski definition) is 2. The van der Waals surface area contributed by atoms with Gasteiger partial charge in [-0.3, -0.25) is 9.89 Å². The number of aromatic amines is 1. The molecule has 1 aliphatic rings. The maximum absolute atomic E-state index is 12.4. The number of hydrogen-bond acceptors (Lipinski definition) is 3. The Balaban J connectivity index is 1.77. The van der Waals surface area contributed by atoms with Crippen molar-refractivity contribution in [1.82, 2.24) is 19.9 Å². The van der Waals surface area contributed by atoms with Gasteiger partial charge in [-0.05, 0) is 43.6 Å². The first-order valence-electron chi connectivity index (χ1n) is 7.80. The summed E-state index contributed by atoms with van der Waals surface area (Å²) in [7, 11) is 0. The van der Waals surface area contributed by atoms with E-state index in [1.54, 1.807) is 6.07 Å². The quantitative estimate of drug-likeness (QED) is 0.760. The predicted octanol–water partition coefficient (Wildman–Crippen LogP) is 2.81. The molecule has 1 fully saturated rings. The van der Waals surface area contributed by atoms with E-state index in [-0.39, 0.29) is 5.56 Å². The zero-order valence-corrected chi connectivity index (χ0v) is 13.3. The number of benzene rings is 1. The number of nitrogens with zero attached hydrogens (tertiary/aromatic N) is 2. The molecule has 2 aromatic heterocycles. The zero-order chi connectivity index (χ0) is 15.8. The van der Waals surface area contributed by atoms with E-state index in [1.807, 2.05) is 30.3 Å². The van der Waals surface area contributed by atoms with Gasteiger partial charge in [0, 0.05) is 23.1 Å². The predicted molar refractivity (Wildman–Crippen MR) is 91.1 cm³/mol. The Morgan fingerprint density at radius 1 is 1.13 bits per heavy atom. The molecule has 3 heterocycles. The minimum atomic E-state index is -0.0660. The van der Waals surface area contributed by atoms with Crippen LogP contribution in [0.3, 0.4) is 0 Å². The molecule has 5 nitrogen and oxygen atoms in total. The first-order chi connectivity index (χ1) is 11.2. The number of piperidine rings is 1. The summed E-state index contributed by atoms with van der Waals surface area (Å²) < 4.78 is 1.49. The van der Waals surface area contributed by atoms with Gasteiger partial charge in [0.05, 0.1) is 11.4 Å². The van der Waals surface area contributed by atoms with E-state index in [1.165, 1.54) is 4.52 Å². The summed E-state index contributed by atoms with van der Waals surface area (Å²) in [6.45, 7) is 1.96.